The second-order valence-electron chi connectivity index (χ2n) is 6.87. The summed E-state index contributed by atoms with van der Waals surface area (Å²) in [4.78, 5) is 2.75. The van der Waals surface area contributed by atoms with Crippen molar-refractivity contribution in [2.24, 2.45) is 5.41 Å². The van der Waals surface area contributed by atoms with Crippen LogP contribution in [0.5, 0.6) is 0 Å². The van der Waals surface area contributed by atoms with E-state index < -0.39 is 0 Å². The maximum atomic E-state index is 3.61. The van der Waals surface area contributed by atoms with Crippen LogP contribution in [-0.4, -0.2) is 36.6 Å². The molecule has 0 aromatic heterocycles. The Bertz CT molecular complexity index is 233. The molecule has 0 amide bonds. The van der Waals surface area contributed by atoms with Gasteiger partial charge >= 0.3 is 0 Å². The summed E-state index contributed by atoms with van der Waals surface area (Å²) in [5.74, 6) is 0. The number of piperidine rings is 1. The highest BCUT2D eigenvalue weighted by atomic mass is 15.2. The Morgan fingerprint density at radius 1 is 1.06 bits per heavy atom. The van der Waals surface area contributed by atoms with Gasteiger partial charge in [0.05, 0.1) is 0 Å². The molecule has 1 aliphatic carbocycles. The van der Waals surface area contributed by atoms with Gasteiger partial charge < -0.3 is 5.32 Å². The van der Waals surface area contributed by atoms with Crippen LogP contribution < -0.4 is 5.32 Å². The molecule has 1 heterocycles. The van der Waals surface area contributed by atoms with Gasteiger partial charge in [-0.25, -0.2) is 0 Å². The summed E-state index contributed by atoms with van der Waals surface area (Å²) in [7, 11) is 0. The zero-order valence-corrected chi connectivity index (χ0v) is 12.7. The van der Waals surface area contributed by atoms with Crippen LogP contribution in [0.1, 0.15) is 65.7 Å². The van der Waals surface area contributed by atoms with E-state index in [1.807, 2.05) is 0 Å². The number of hydrogen-bond acceptors (Lipinski definition) is 2. The molecule has 2 aliphatic rings. The minimum absolute atomic E-state index is 0.616. The molecule has 2 rings (SSSR count). The van der Waals surface area contributed by atoms with Crippen molar-refractivity contribution in [3.63, 3.8) is 0 Å². The molecule has 18 heavy (non-hydrogen) atoms. The molecular formula is C16H32N2. The fraction of sp³-hybridized carbons (Fsp3) is 1.00. The molecule has 1 aliphatic heterocycles. The lowest BCUT2D eigenvalue weighted by molar-refractivity contribution is 0.0731. The summed E-state index contributed by atoms with van der Waals surface area (Å²) in [5, 5.41) is 3.61. The maximum Gasteiger partial charge on any atom is 0.0218 e. The predicted molar refractivity (Wildman–Crippen MR) is 78.9 cm³/mol. The molecule has 106 valence electrons. The molecule has 0 aromatic rings. The number of likely N-dealkylation sites (tertiary alicyclic amines) is 1. The number of nitrogens with one attached hydrogen (secondary N) is 1. The van der Waals surface area contributed by atoms with Gasteiger partial charge in [-0.3, -0.25) is 4.90 Å². The molecule has 1 saturated heterocycles. The van der Waals surface area contributed by atoms with E-state index in [4.69, 9.17) is 0 Å². The molecule has 2 fully saturated rings. The van der Waals surface area contributed by atoms with Crippen molar-refractivity contribution in [2.75, 3.05) is 19.6 Å². The summed E-state index contributed by atoms with van der Waals surface area (Å²) in [6.45, 7) is 10.7. The standard InChI is InChI=1S/C16H32N2/c1-4-15(13-17-14(2)3)18-11-9-16(10-12-18)7-5-6-8-16/h14-15,17H,4-13H2,1-3H3. The first kappa shape index (κ1) is 14.3. The molecule has 0 bridgehead atoms. The summed E-state index contributed by atoms with van der Waals surface area (Å²) < 4.78 is 0. The molecule has 1 atom stereocenters. The van der Waals surface area contributed by atoms with Crippen molar-refractivity contribution < 1.29 is 0 Å². The number of hydrogen-bond donors (Lipinski definition) is 1. The quantitative estimate of drug-likeness (QED) is 0.806. The van der Waals surface area contributed by atoms with E-state index in [-0.39, 0.29) is 0 Å². The average molecular weight is 252 g/mol. The summed E-state index contributed by atoms with van der Waals surface area (Å²) in [6.07, 6.45) is 10.2. The highest BCUT2D eigenvalue weighted by molar-refractivity contribution is 4.91. The summed E-state index contributed by atoms with van der Waals surface area (Å²) in [6, 6.07) is 1.37. The fourth-order valence-electron chi connectivity index (χ4n) is 3.89. The summed E-state index contributed by atoms with van der Waals surface area (Å²) >= 11 is 0. The van der Waals surface area contributed by atoms with Gasteiger partial charge in [-0.15, -0.1) is 0 Å². The molecule has 0 radical (unpaired) electrons. The van der Waals surface area contributed by atoms with Crippen LogP contribution in [0.2, 0.25) is 0 Å². The highest BCUT2D eigenvalue weighted by Crippen LogP contribution is 2.46. The van der Waals surface area contributed by atoms with Gasteiger partial charge in [0.1, 0.15) is 0 Å². The molecule has 1 spiro atoms. The van der Waals surface area contributed by atoms with Gasteiger partial charge in [-0.05, 0) is 50.6 Å². The van der Waals surface area contributed by atoms with Crippen molar-refractivity contribution in [1.82, 2.24) is 10.2 Å². The largest absolute Gasteiger partial charge is 0.313 e. The van der Waals surface area contributed by atoms with Crippen molar-refractivity contribution in [3.05, 3.63) is 0 Å². The van der Waals surface area contributed by atoms with Crippen molar-refractivity contribution in [3.8, 4) is 0 Å². The van der Waals surface area contributed by atoms with Crippen LogP contribution in [-0.2, 0) is 0 Å². The Kier molecular flexibility index (Phi) is 5.08. The third-order valence-corrected chi connectivity index (χ3v) is 5.27. The maximum absolute atomic E-state index is 3.61. The van der Waals surface area contributed by atoms with Crippen LogP contribution in [0, 0.1) is 5.41 Å². The first-order chi connectivity index (χ1) is 8.65. The predicted octanol–water partition coefficient (Wildman–Crippen LogP) is 3.42. The Morgan fingerprint density at radius 3 is 2.17 bits per heavy atom. The van der Waals surface area contributed by atoms with Crippen LogP contribution in [0.3, 0.4) is 0 Å². The normalized spacial score (nSPS) is 26.0. The van der Waals surface area contributed by atoms with E-state index in [2.05, 4.69) is 31.0 Å². The molecule has 0 aromatic carbocycles. The van der Waals surface area contributed by atoms with E-state index >= 15 is 0 Å². The Morgan fingerprint density at radius 2 is 1.67 bits per heavy atom. The second-order valence-corrected chi connectivity index (χ2v) is 6.87. The van der Waals surface area contributed by atoms with E-state index in [0.717, 1.165) is 11.5 Å². The van der Waals surface area contributed by atoms with Crippen molar-refractivity contribution in [2.45, 2.75) is 77.8 Å². The number of nitrogens with zero attached hydrogens (tertiary/aromatic N) is 1. The molecule has 1 N–H and O–H groups in total. The van der Waals surface area contributed by atoms with Crippen LogP contribution in [0.4, 0.5) is 0 Å². The molecule has 1 saturated carbocycles. The van der Waals surface area contributed by atoms with Crippen LogP contribution >= 0.6 is 0 Å². The van der Waals surface area contributed by atoms with Gasteiger partial charge in [0.25, 0.3) is 0 Å². The van der Waals surface area contributed by atoms with Crippen LogP contribution in [0.15, 0.2) is 0 Å². The lowest BCUT2D eigenvalue weighted by Crippen LogP contribution is -2.48. The Hall–Kier alpha value is -0.0800. The first-order valence-electron chi connectivity index (χ1n) is 8.13. The van der Waals surface area contributed by atoms with E-state index in [1.54, 1.807) is 0 Å². The van der Waals surface area contributed by atoms with E-state index in [9.17, 15) is 0 Å². The average Bonchev–Trinajstić information content (AvgIpc) is 2.80. The number of rotatable bonds is 5. The van der Waals surface area contributed by atoms with Gasteiger partial charge in [0.2, 0.25) is 0 Å². The molecule has 1 unspecified atom stereocenters. The Balaban J connectivity index is 1.79. The highest BCUT2D eigenvalue weighted by Gasteiger charge is 2.37. The smallest absolute Gasteiger partial charge is 0.0218 e. The first-order valence-corrected chi connectivity index (χ1v) is 8.13. The minimum atomic E-state index is 0.616. The zero-order chi connectivity index (χ0) is 13.0. The van der Waals surface area contributed by atoms with E-state index in [1.165, 1.54) is 64.6 Å². The fourth-order valence-corrected chi connectivity index (χ4v) is 3.89. The van der Waals surface area contributed by atoms with Gasteiger partial charge in [0, 0.05) is 18.6 Å². The van der Waals surface area contributed by atoms with Crippen LogP contribution in [0.25, 0.3) is 0 Å². The Labute approximate surface area is 114 Å². The SMILES string of the molecule is CCC(CNC(C)C)N1CCC2(CCCC2)CC1. The minimum Gasteiger partial charge on any atom is -0.313 e. The molecule has 2 nitrogen and oxygen atoms in total. The lowest BCUT2D eigenvalue weighted by Gasteiger charge is -2.43. The zero-order valence-electron chi connectivity index (χ0n) is 12.7. The van der Waals surface area contributed by atoms with Crippen molar-refractivity contribution >= 4 is 0 Å². The summed E-state index contributed by atoms with van der Waals surface area (Å²) in [5.41, 5.74) is 0.764. The molecule has 2 heteroatoms. The van der Waals surface area contributed by atoms with E-state index in [0.29, 0.717) is 6.04 Å². The van der Waals surface area contributed by atoms with Crippen molar-refractivity contribution in [1.29, 1.82) is 0 Å². The monoisotopic (exact) mass is 252 g/mol. The third-order valence-electron chi connectivity index (χ3n) is 5.27. The molecular weight excluding hydrogens is 220 g/mol. The van der Waals surface area contributed by atoms with Gasteiger partial charge in [-0.1, -0.05) is 33.6 Å². The third kappa shape index (κ3) is 3.48. The topological polar surface area (TPSA) is 15.3 Å². The second kappa shape index (κ2) is 6.38. The van der Waals surface area contributed by atoms with Gasteiger partial charge in [-0.2, -0.15) is 0 Å². The van der Waals surface area contributed by atoms with Gasteiger partial charge in [0.15, 0.2) is 0 Å². The lowest BCUT2D eigenvalue weighted by atomic mass is 9.76.